The smallest absolute Gasteiger partial charge is 0.271 e. The molecule has 1 unspecified atom stereocenters. The van der Waals surface area contributed by atoms with Crippen molar-refractivity contribution < 1.29 is 9.21 Å². The lowest BCUT2D eigenvalue weighted by Crippen LogP contribution is -2.40. The fourth-order valence-electron chi connectivity index (χ4n) is 2.53. The molecule has 130 valence electrons. The van der Waals surface area contributed by atoms with Crippen LogP contribution in [-0.2, 0) is 0 Å². The summed E-state index contributed by atoms with van der Waals surface area (Å²) >= 11 is 0. The number of rotatable bonds is 6. The van der Waals surface area contributed by atoms with E-state index in [0.29, 0.717) is 23.7 Å². The molecule has 2 aromatic heterocycles. The third-order valence-corrected chi connectivity index (χ3v) is 4.20. The first-order valence-corrected chi connectivity index (χ1v) is 8.23. The highest BCUT2D eigenvalue weighted by atomic mass is 16.3. The maximum Gasteiger partial charge on any atom is 0.271 e. The Bertz CT molecular complexity index is 838. The summed E-state index contributed by atoms with van der Waals surface area (Å²) in [4.78, 5) is 14.4. The Hall–Kier alpha value is -3.02. The molecule has 6 nitrogen and oxygen atoms in total. The molecule has 25 heavy (non-hydrogen) atoms. The molecule has 0 bridgehead atoms. The average molecular weight is 338 g/mol. The SMILES string of the molecule is Cc1ccc(-c2cc(C(=O)NCC(C)N(C)c3ccccc3)n[nH]2)o1. The third kappa shape index (κ3) is 3.91. The number of hydrogen-bond acceptors (Lipinski definition) is 4. The van der Waals surface area contributed by atoms with Crippen molar-refractivity contribution in [1.82, 2.24) is 15.5 Å². The van der Waals surface area contributed by atoms with Crippen LogP contribution in [0.3, 0.4) is 0 Å². The van der Waals surface area contributed by atoms with Crippen molar-refractivity contribution >= 4 is 11.6 Å². The number of furan rings is 1. The number of carbonyl (C=O) groups excluding carboxylic acids is 1. The normalized spacial score (nSPS) is 12.0. The Labute approximate surface area is 146 Å². The standard InChI is InChI=1S/C19H22N4O2/c1-13(23(3)15-7-5-4-6-8-15)12-20-19(24)17-11-16(21-22-17)18-10-9-14(2)25-18/h4-11,13H,12H2,1-3H3,(H,20,24)(H,21,22). The molecule has 0 aliphatic heterocycles. The molecule has 3 aromatic rings. The van der Waals surface area contributed by atoms with Crippen molar-refractivity contribution in [1.29, 1.82) is 0 Å². The van der Waals surface area contributed by atoms with Gasteiger partial charge >= 0.3 is 0 Å². The first kappa shape index (κ1) is 16.8. The largest absolute Gasteiger partial charge is 0.460 e. The molecule has 0 aliphatic carbocycles. The number of anilines is 1. The molecule has 3 rings (SSSR count). The number of benzene rings is 1. The zero-order chi connectivity index (χ0) is 17.8. The summed E-state index contributed by atoms with van der Waals surface area (Å²) in [5, 5.41) is 9.84. The van der Waals surface area contributed by atoms with E-state index in [2.05, 4.69) is 27.3 Å². The lowest BCUT2D eigenvalue weighted by Gasteiger charge is -2.27. The molecule has 0 spiro atoms. The number of nitrogens with one attached hydrogen (secondary N) is 2. The van der Waals surface area contributed by atoms with E-state index < -0.39 is 0 Å². The number of likely N-dealkylation sites (N-methyl/N-ethyl adjacent to an activating group) is 1. The highest BCUT2D eigenvalue weighted by molar-refractivity contribution is 5.93. The molecular formula is C19H22N4O2. The van der Waals surface area contributed by atoms with E-state index in [4.69, 9.17) is 4.42 Å². The van der Waals surface area contributed by atoms with Gasteiger partial charge in [0, 0.05) is 31.4 Å². The van der Waals surface area contributed by atoms with Gasteiger partial charge in [-0.25, -0.2) is 0 Å². The predicted octanol–water partition coefficient (Wildman–Crippen LogP) is 3.23. The van der Waals surface area contributed by atoms with E-state index >= 15 is 0 Å². The molecular weight excluding hydrogens is 316 g/mol. The van der Waals surface area contributed by atoms with E-state index in [1.165, 1.54) is 0 Å². The van der Waals surface area contributed by atoms with E-state index in [-0.39, 0.29) is 11.9 Å². The van der Waals surface area contributed by atoms with Crippen LogP contribution in [-0.4, -0.2) is 35.7 Å². The second-order valence-corrected chi connectivity index (χ2v) is 6.08. The summed E-state index contributed by atoms with van der Waals surface area (Å²) in [6, 6.07) is 15.6. The maximum absolute atomic E-state index is 12.3. The fourth-order valence-corrected chi connectivity index (χ4v) is 2.53. The van der Waals surface area contributed by atoms with Crippen LogP contribution in [0.2, 0.25) is 0 Å². The Morgan fingerprint density at radius 3 is 2.72 bits per heavy atom. The molecule has 2 N–H and O–H groups in total. The average Bonchev–Trinajstić information content (AvgIpc) is 3.28. The Kier molecular flexibility index (Phi) is 4.88. The quantitative estimate of drug-likeness (QED) is 0.724. The van der Waals surface area contributed by atoms with Crippen molar-refractivity contribution in [2.75, 3.05) is 18.5 Å². The van der Waals surface area contributed by atoms with Gasteiger partial charge in [0.25, 0.3) is 5.91 Å². The molecule has 1 atom stereocenters. The van der Waals surface area contributed by atoms with Crippen LogP contribution < -0.4 is 10.2 Å². The van der Waals surface area contributed by atoms with Crippen molar-refractivity contribution in [2.24, 2.45) is 0 Å². The molecule has 6 heteroatoms. The van der Waals surface area contributed by atoms with Crippen LogP contribution in [0.15, 0.2) is 52.9 Å². The molecule has 0 radical (unpaired) electrons. The highest BCUT2D eigenvalue weighted by Crippen LogP contribution is 2.20. The number of carbonyl (C=O) groups is 1. The van der Waals surface area contributed by atoms with Crippen LogP contribution in [0.1, 0.15) is 23.2 Å². The van der Waals surface area contributed by atoms with Crippen molar-refractivity contribution in [3.63, 3.8) is 0 Å². The maximum atomic E-state index is 12.3. The number of nitrogens with zero attached hydrogens (tertiary/aromatic N) is 2. The van der Waals surface area contributed by atoms with Gasteiger partial charge in [-0.1, -0.05) is 18.2 Å². The molecule has 0 aliphatic rings. The number of aromatic nitrogens is 2. The second kappa shape index (κ2) is 7.25. The predicted molar refractivity (Wildman–Crippen MR) is 97.7 cm³/mol. The summed E-state index contributed by atoms with van der Waals surface area (Å²) in [7, 11) is 2.01. The molecule has 1 amide bonds. The van der Waals surface area contributed by atoms with Crippen LogP contribution in [0.4, 0.5) is 5.69 Å². The van der Waals surface area contributed by atoms with Gasteiger partial charge in [-0.15, -0.1) is 0 Å². The van der Waals surface area contributed by atoms with Gasteiger partial charge in [-0.2, -0.15) is 5.10 Å². The van der Waals surface area contributed by atoms with Crippen molar-refractivity contribution in [2.45, 2.75) is 19.9 Å². The monoisotopic (exact) mass is 338 g/mol. The van der Waals surface area contributed by atoms with Gasteiger partial charge in [0.1, 0.15) is 11.5 Å². The van der Waals surface area contributed by atoms with Crippen LogP contribution >= 0.6 is 0 Å². The first-order chi connectivity index (χ1) is 12.0. The van der Waals surface area contributed by atoms with E-state index in [1.807, 2.05) is 56.4 Å². The lowest BCUT2D eigenvalue weighted by atomic mass is 10.2. The number of H-pyrrole nitrogens is 1. The third-order valence-electron chi connectivity index (χ3n) is 4.20. The van der Waals surface area contributed by atoms with E-state index in [1.54, 1.807) is 6.07 Å². The summed E-state index contributed by atoms with van der Waals surface area (Å²) < 4.78 is 5.53. The Balaban J connectivity index is 1.58. The number of para-hydroxylation sites is 1. The van der Waals surface area contributed by atoms with E-state index in [0.717, 1.165) is 11.4 Å². The zero-order valence-electron chi connectivity index (χ0n) is 14.6. The molecule has 0 saturated heterocycles. The van der Waals surface area contributed by atoms with Gasteiger partial charge in [0.05, 0.1) is 0 Å². The highest BCUT2D eigenvalue weighted by Gasteiger charge is 2.15. The minimum atomic E-state index is -0.209. The minimum Gasteiger partial charge on any atom is -0.460 e. The molecule has 1 aromatic carbocycles. The summed E-state index contributed by atoms with van der Waals surface area (Å²) in [5.74, 6) is 1.27. The Morgan fingerprint density at radius 2 is 2.04 bits per heavy atom. The van der Waals surface area contributed by atoms with Gasteiger partial charge in [0.2, 0.25) is 0 Å². The first-order valence-electron chi connectivity index (χ1n) is 8.23. The minimum absolute atomic E-state index is 0.150. The topological polar surface area (TPSA) is 74.2 Å². The van der Waals surface area contributed by atoms with Crippen molar-refractivity contribution in [3.8, 4) is 11.5 Å². The molecule has 0 saturated carbocycles. The number of aryl methyl sites for hydroxylation is 1. The second-order valence-electron chi connectivity index (χ2n) is 6.08. The Morgan fingerprint density at radius 1 is 1.28 bits per heavy atom. The molecule has 2 heterocycles. The number of aromatic amines is 1. The van der Waals surface area contributed by atoms with Gasteiger partial charge in [-0.05, 0) is 38.1 Å². The number of hydrogen-bond donors (Lipinski definition) is 2. The zero-order valence-corrected chi connectivity index (χ0v) is 14.6. The van der Waals surface area contributed by atoms with Gasteiger partial charge in [-0.3, -0.25) is 9.89 Å². The van der Waals surface area contributed by atoms with Crippen LogP contribution in [0.25, 0.3) is 11.5 Å². The summed E-state index contributed by atoms with van der Waals surface area (Å²) in [6.07, 6.45) is 0. The molecule has 0 fully saturated rings. The van der Waals surface area contributed by atoms with Gasteiger partial charge < -0.3 is 14.6 Å². The summed E-state index contributed by atoms with van der Waals surface area (Å²) in [5.41, 5.74) is 2.14. The lowest BCUT2D eigenvalue weighted by molar-refractivity contribution is 0.0946. The van der Waals surface area contributed by atoms with Gasteiger partial charge in [0.15, 0.2) is 11.5 Å². The van der Waals surface area contributed by atoms with Crippen LogP contribution in [0, 0.1) is 6.92 Å². The summed E-state index contributed by atoms with van der Waals surface area (Å²) in [6.45, 7) is 4.46. The van der Waals surface area contributed by atoms with E-state index in [9.17, 15) is 4.79 Å². The van der Waals surface area contributed by atoms with Crippen LogP contribution in [0.5, 0.6) is 0 Å². The number of amides is 1. The van der Waals surface area contributed by atoms with Crippen molar-refractivity contribution in [3.05, 3.63) is 60.0 Å². The fraction of sp³-hybridized carbons (Fsp3) is 0.263.